The SMILES string of the molecule is CC(C)(C)c1[c-]c2c(cc1)-c1ccc(C(C)(C)C)cc1C2.[C-]1=CCCC1.[CH2]=[Zr+2].[Cl-].[Cl-]. The minimum Gasteiger partial charge on any atom is -1.00 e. The summed E-state index contributed by atoms with van der Waals surface area (Å²) in [4.78, 5) is 0. The quantitative estimate of drug-likeness (QED) is 0.391. The molecule has 0 unspecified atom stereocenters. The van der Waals surface area contributed by atoms with Gasteiger partial charge in [0.25, 0.3) is 0 Å². The molecule has 0 bridgehead atoms. The molecule has 0 aromatic heterocycles. The summed E-state index contributed by atoms with van der Waals surface area (Å²) in [6.45, 7) is 13.6. The number of halogens is 2. The number of hydrogen-bond acceptors (Lipinski definition) is 0. The van der Waals surface area contributed by atoms with Gasteiger partial charge in [-0.25, -0.2) is 0 Å². The van der Waals surface area contributed by atoms with Crippen molar-refractivity contribution < 1.29 is 49.0 Å². The second-order valence-corrected chi connectivity index (χ2v) is 9.61. The Morgan fingerprint density at radius 3 is 1.97 bits per heavy atom. The van der Waals surface area contributed by atoms with Gasteiger partial charge in [0.05, 0.1) is 0 Å². The van der Waals surface area contributed by atoms with E-state index in [0.717, 1.165) is 6.42 Å². The third-order valence-electron chi connectivity index (χ3n) is 5.28. The van der Waals surface area contributed by atoms with Crippen molar-refractivity contribution in [2.75, 3.05) is 0 Å². The molecule has 0 radical (unpaired) electrons. The Morgan fingerprint density at radius 1 is 0.867 bits per heavy atom. The normalized spacial score (nSPS) is 13.5. The zero-order valence-corrected chi connectivity index (χ0v) is 23.2. The average molecular weight is 521 g/mol. The summed E-state index contributed by atoms with van der Waals surface area (Å²) < 4.78 is 3.34. The van der Waals surface area contributed by atoms with Crippen molar-refractivity contribution in [2.24, 2.45) is 0 Å². The Kier molecular flexibility index (Phi) is 12.3. The molecule has 2 aliphatic rings. The zero-order valence-electron chi connectivity index (χ0n) is 19.3. The molecule has 2 aliphatic carbocycles. The molecule has 0 atom stereocenters. The van der Waals surface area contributed by atoms with Gasteiger partial charge in [-0.3, -0.25) is 6.08 Å². The summed E-state index contributed by atoms with van der Waals surface area (Å²) in [6, 6.07) is 15.2. The first-order valence-electron chi connectivity index (χ1n) is 10.3. The van der Waals surface area contributed by atoms with E-state index in [2.05, 4.69) is 94.3 Å². The Balaban J connectivity index is 0.000000809. The standard InChI is InChI=1S/C21H25.C5H7.CH2.2ClH.Zr/c1-20(2,3)16-7-9-18-14(12-16)11-15-13-17(21(4,5)6)8-10-19(15)18;1-2-4-5-3-1;;;;/h7-10,12H,11H2,1-6H3;1H,2,4-5H2;1H2;2*1H;/q2*-1;;;;+2/p-2. The predicted molar refractivity (Wildman–Crippen MR) is 120 cm³/mol. The van der Waals surface area contributed by atoms with E-state index in [1.165, 1.54) is 76.9 Å². The largest absolute Gasteiger partial charge is 1.00 e. The first kappa shape index (κ1) is 29.5. The fourth-order valence-corrected chi connectivity index (χ4v) is 3.54. The van der Waals surface area contributed by atoms with Crippen molar-refractivity contribution in [3.05, 3.63) is 70.8 Å². The second-order valence-electron chi connectivity index (χ2n) is 9.61. The third-order valence-corrected chi connectivity index (χ3v) is 5.28. The molecule has 0 nitrogen and oxygen atoms in total. The van der Waals surface area contributed by atoms with Crippen LogP contribution in [0.5, 0.6) is 0 Å². The maximum absolute atomic E-state index is 3.67. The van der Waals surface area contributed by atoms with Gasteiger partial charge in [-0.05, 0) is 28.4 Å². The molecule has 2 aromatic carbocycles. The van der Waals surface area contributed by atoms with Gasteiger partial charge in [-0.1, -0.05) is 78.1 Å². The fourth-order valence-electron chi connectivity index (χ4n) is 3.54. The maximum atomic E-state index is 3.67. The molecule has 162 valence electrons. The first-order chi connectivity index (χ1) is 13.2. The predicted octanol–water partition coefficient (Wildman–Crippen LogP) is 1.16. The van der Waals surface area contributed by atoms with Crippen molar-refractivity contribution in [1.82, 2.24) is 0 Å². The van der Waals surface area contributed by atoms with Gasteiger partial charge in [0.15, 0.2) is 0 Å². The van der Waals surface area contributed by atoms with Crippen LogP contribution in [-0.4, -0.2) is 4.21 Å². The Labute approximate surface area is 212 Å². The zero-order chi connectivity index (χ0) is 20.9. The number of hydrogen-bond donors (Lipinski definition) is 0. The molecule has 3 heteroatoms. The molecular formula is C27H34Cl2Zr-2. The molecule has 0 N–H and O–H groups in total. The molecule has 0 saturated carbocycles. The molecule has 0 heterocycles. The second kappa shape index (κ2) is 12.5. The summed E-state index contributed by atoms with van der Waals surface area (Å²) in [5.41, 5.74) is 8.70. The van der Waals surface area contributed by atoms with Crippen molar-refractivity contribution >= 4 is 4.21 Å². The third kappa shape index (κ3) is 7.58. The summed E-state index contributed by atoms with van der Waals surface area (Å²) in [5.74, 6) is 0. The van der Waals surface area contributed by atoms with Crippen LogP contribution in [0.25, 0.3) is 11.1 Å². The number of rotatable bonds is 0. The van der Waals surface area contributed by atoms with Crippen LogP contribution in [0.1, 0.15) is 83.1 Å². The minimum absolute atomic E-state index is 0. The van der Waals surface area contributed by atoms with Crippen molar-refractivity contribution in [3.8, 4) is 11.1 Å². The van der Waals surface area contributed by atoms with E-state index >= 15 is 0 Å². The van der Waals surface area contributed by atoms with Crippen LogP contribution >= 0.6 is 0 Å². The Hall–Kier alpha value is -0.487. The maximum Gasteiger partial charge on any atom is -1.00 e. The summed E-state index contributed by atoms with van der Waals surface area (Å²) in [7, 11) is 0. The van der Waals surface area contributed by atoms with E-state index in [1.54, 1.807) is 0 Å². The van der Waals surface area contributed by atoms with E-state index < -0.39 is 0 Å². The van der Waals surface area contributed by atoms with Gasteiger partial charge >= 0.3 is 28.4 Å². The molecule has 30 heavy (non-hydrogen) atoms. The van der Waals surface area contributed by atoms with E-state index in [0.29, 0.717) is 0 Å². The topological polar surface area (TPSA) is 0 Å². The van der Waals surface area contributed by atoms with Gasteiger partial charge in [0, 0.05) is 0 Å². The minimum atomic E-state index is 0. The average Bonchev–Trinajstić information content (AvgIpc) is 3.32. The van der Waals surface area contributed by atoms with Crippen LogP contribution in [0.2, 0.25) is 0 Å². The molecule has 0 saturated heterocycles. The van der Waals surface area contributed by atoms with Crippen LogP contribution in [0.4, 0.5) is 0 Å². The van der Waals surface area contributed by atoms with E-state index in [1.807, 2.05) is 0 Å². The summed E-state index contributed by atoms with van der Waals surface area (Å²) in [5, 5.41) is 0. The van der Waals surface area contributed by atoms with E-state index in [9.17, 15) is 0 Å². The number of fused-ring (bicyclic) bond motifs is 3. The van der Waals surface area contributed by atoms with Crippen LogP contribution in [0.3, 0.4) is 0 Å². The Bertz CT molecular complexity index is 771. The molecular weight excluding hydrogens is 486 g/mol. The molecule has 2 aromatic rings. The summed E-state index contributed by atoms with van der Waals surface area (Å²) in [6.07, 6.45) is 10.0. The van der Waals surface area contributed by atoms with Crippen LogP contribution in [0.15, 0.2) is 36.4 Å². The van der Waals surface area contributed by atoms with Crippen molar-refractivity contribution in [3.63, 3.8) is 0 Å². The molecule has 0 fully saturated rings. The first-order valence-corrected chi connectivity index (χ1v) is 12.0. The van der Waals surface area contributed by atoms with Gasteiger partial charge in [0.2, 0.25) is 0 Å². The smallest absolute Gasteiger partial charge is 1.00 e. The molecule has 4 rings (SSSR count). The molecule has 0 aliphatic heterocycles. The van der Waals surface area contributed by atoms with Crippen LogP contribution < -0.4 is 24.8 Å². The van der Waals surface area contributed by atoms with E-state index in [4.69, 9.17) is 0 Å². The number of allylic oxidation sites excluding steroid dienone is 2. The molecule has 0 amide bonds. The summed E-state index contributed by atoms with van der Waals surface area (Å²) >= 11 is 1.30. The van der Waals surface area contributed by atoms with Crippen LogP contribution in [-0.2, 0) is 41.5 Å². The van der Waals surface area contributed by atoms with Gasteiger partial charge in [0.1, 0.15) is 0 Å². The van der Waals surface area contributed by atoms with Gasteiger partial charge in [-0.15, -0.1) is 11.1 Å². The van der Waals surface area contributed by atoms with Crippen molar-refractivity contribution in [1.29, 1.82) is 0 Å². The number of benzene rings is 2. The van der Waals surface area contributed by atoms with E-state index in [-0.39, 0.29) is 35.6 Å². The molecule has 0 spiro atoms. The van der Waals surface area contributed by atoms with Crippen LogP contribution in [0, 0.1) is 12.1 Å². The van der Waals surface area contributed by atoms with Crippen molar-refractivity contribution in [2.45, 2.75) is 78.1 Å². The Morgan fingerprint density at radius 2 is 1.50 bits per heavy atom. The van der Waals surface area contributed by atoms with Gasteiger partial charge < -0.3 is 30.9 Å². The fraction of sp³-hybridized carbons (Fsp3) is 0.444. The monoisotopic (exact) mass is 518 g/mol. The van der Waals surface area contributed by atoms with Gasteiger partial charge in [-0.2, -0.15) is 30.2 Å².